The van der Waals surface area contributed by atoms with Crippen LogP contribution in [0.3, 0.4) is 0 Å². The van der Waals surface area contributed by atoms with Gasteiger partial charge in [0.1, 0.15) is 5.82 Å². The van der Waals surface area contributed by atoms with Gasteiger partial charge in [-0.3, -0.25) is 9.88 Å². The number of anilines is 2. The largest absolute Gasteiger partial charge is 0.377 e. The molecular weight excluding hydrogens is 454 g/mol. The van der Waals surface area contributed by atoms with E-state index in [1.165, 1.54) is 11.1 Å². The highest BCUT2D eigenvalue weighted by Gasteiger charge is 2.29. The lowest BCUT2D eigenvalue weighted by Gasteiger charge is -2.37. The van der Waals surface area contributed by atoms with Gasteiger partial charge in [0.05, 0.1) is 24.9 Å². The number of fused-ring (bicyclic) bond motifs is 1. The number of hydrogen-bond acceptors (Lipinski definition) is 7. The number of amides is 2. The quantitative estimate of drug-likeness (QED) is 0.550. The van der Waals surface area contributed by atoms with Crippen molar-refractivity contribution in [2.24, 2.45) is 0 Å². The molecule has 2 aliphatic rings. The second-order valence-corrected chi connectivity index (χ2v) is 9.30. The maximum Gasteiger partial charge on any atom is 0.319 e. The third kappa shape index (κ3) is 5.47. The predicted molar refractivity (Wildman–Crippen MR) is 140 cm³/mol. The molecule has 188 valence electrons. The Kier molecular flexibility index (Phi) is 7.39. The number of pyridine rings is 1. The first-order chi connectivity index (χ1) is 17.6. The number of carbonyl (C=O) groups excluding carboxylic acids is 1. The van der Waals surface area contributed by atoms with Gasteiger partial charge >= 0.3 is 6.03 Å². The average molecular weight is 488 g/mol. The zero-order chi connectivity index (χ0) is 24.9. The van der Waals surface area contributed by atoms with E-state index in [0.29, 0.717) is 25.6 Å². The van der Waals surface area contributed by atoms with Crippen LogP contribution in [0, 0.1) is 0 Å². The molecule has 2 amide bonds. The minimum Gasteiger partial charge on any atom is -0.377 e. The number of ether oxygens (including phenoxy) is 1. The molecule has 1 atom stereocenters. The highest BCUT2D eigenvalue weighted by atomic mass is 16.5. The summed E-state index contributed by atoms with van der Waals surface area (Å²) in [5, 5.41) is 5.59. The molecule has 9 heteroatoms. The Balaban J connectivity index is 1.45. The monoisotopic (exact) mass is 487 g/mol. The molecule has 0 bridgehead atoms. The van der Waals surface area contributed by atoms with E-state index in [0.717, 1.165) is 55.4 Å². The van der Waals surface area contributed by atoms with Crippen LogP contribution in [0.15, 0.2) is 48.8 Å². The molecule has 2 aliphatic heterocycles. The number of urea groups is 1. The predicted octanol–water partition coefficient (Wildman–Crippen LogP) is 3.46. The maximum absolute atomic E-state index is 11.9. The van der Waals surface area contributed by atoms with Crippen molar-refractivity contribution in [2.75, 3.05) is 43.1 Å². The molecule has 0 unspecified atom stereocenters. The molecular formula is C27H33N7O2. The van der Waals surface area contributed by atoms with Gasteiger partial charge in [0.2, 0.25) is 0 Å². The van der Waals surface area contributed by atoms with Crippen LogP contribution in [0.4, 0.5) is 16.3 Å². The van der Waals surface area contributed by atoms with E-state index in [2.05, 4.69) is 38.4 Å². The van der Waals surface area contributed by atoms with Gasteiger partial charge in [-0.25, -0.2) is 14.8 Å². The van der Waals surface area contributed by atoms with Crippen LogP contribution in [0.5, 0.6) is 0 Å². The lowest BCUT2D eigenvalue weighted by atomic mass is 10.0. The second-order valence-electron chi connectivity index (χ2n) is 9.30. The average Bonchev–Trinajstić information content (AvgIpc) is 2.89. The summed E-state index contributed by atoms with van der Waals surface area (Å²) in [6, 6.07) is 11.8. The molecule has 1 fully saturated rings. The summed E-state index contributed by atoms with van der Waals surface area (Å²) in [5.74, 6) is 1.73. The lowest BCUT2D eigenvalue weighted by Crippen LogP contribution is -2.45. The van der Waals surface area contributed by atoms with Crippen LogP contribution in [0.1, 0.15) is 30.7 Å². The van der Waals surface area contributed by atoms with Crippen molar-refractivity contribution in [1.29, 1.82) is 0 Å². The Labute approximate surface area is 211 Å². The van der Waals surface area contributed by atoms with Gasteiger partial charge in [0.25, 0.3) is 0 Å². The van der Waals surface area contributed by atoms with Crippen LogP contribution >= 0.6 is 0 Å². The van der Waals surface area contributed by atoms with Crippen molar-refractivity contribution in [1.82, 2.24) is 25.2 Å². The summed E-state index contributed by atoms with van der Waals surface area (Å²) in [6.07, 6.45) is 4.64. The van der Waals surface area contributed by atoms with E-state index in [4.69, 9.17) is 14.7 Å². The Morgan fingerprint density at radius 2 is 2.03 bits per heavy atom. The fraction of sp³-hybridized carbons (Fsp3) is 0.407. The highest BCUT2D eigenvalue weighted by molar-refractivity contribution is 5.89. The topological polar surface area (TPSA) is 95.5 Å². The molecule has 9 nitrogen and oxygen atoms in total. The SMILES string of the molecule is CCNC(=O)Nc1ccc(-c2nc3c(c(N4CCOC[C@@H]4C)n2)CCN(Cc2cccnc2)C3)cc1. The Morgan fingerprint density at radius 3 is 2.78 bits per heavy atom. The van der Waals surface area contributed by atoms with E-state index >= 15 is 0 Å². The van der Waals surface area contributed by atoms with Gasteiger partial charge in [-0.1, -0.05) is 6.07 Å². The van der Waals surface area contributed by atoms with Gasteiger partial charge in [-0.15, -0.1) is 0 Å². The highest BCUT2D eigenvalue weighted by Crippen LogP contribution is 2.32. The molecule has 4 heterocycles. The number of nitrogens with zero attached hydrogens (tertiary/aromatic N) is 5. The first-order valence-electron chi connectivity index (χ1n) is 12.6. The Morgan fingerprint density at radius 1 is 1.17 bits per heavy atom. The van der Waals surface area contributed by atoms with Crippen molar-refractivity contribution in [2.45, 2.75) is 39.4 Å². The summed E-state index contributed by atoms with van der Waals surface area (Å²) in [7, 11) is 0. The number of hydrogen-bond donors (Lipinski definition) is 2. The fourth-order valence-corrected chi connectivity index (χ4v) is 4.80. The number of carbonyl (C=O) groups is 1. The van der Waals surface area contributed by atoms with E-state index in [1.54, 1.807) is 6.20 Å². The molecule has 36 heavy (non-hydrogen) atoms. The first kappa shape index (κ1) is 24.1. The minimum atomic E-state index is -0.215. The number of rotatable bonds is 6. The molecule has 0 aliphatic carbocycles. The first-order valence-corrected chi connectivity index (χ1v) is 12.6. The van der Waals surface area contributed by atoms with Crippen molar-refractivity contribution in [3.05, 3.63) is 65.6 Å². The van der Waals surface area contributed by atoms with Crippen LogP contribution in [0.25, 0.3) is 11.4 Å². The van der Waals surface area contributed by atoms with Crippen molar-refractivity contribution in [3.63, 3.8) is 0 Å². The lowest BCUT2D eigenvalue weighted by molar-refractivity contribution is 0.0983. The Bertz CT molecular complexity index is 1190. The third-order valence-electron chi connectivity index (χ3n) is 6.63. The van der Waals surface area contributed by atoms with E-state index in [-0.39, 0.29) is 12.1 Å². The zero-order valence-electron chi connectivity index (χ0n) is 20.9. The molecule has 0 radical (unpaired) electrons. The van der Waals surface area contributed by atoms with Crippen LogP contribution in [-0.2, 0) is 24.2 Å². The molecule has 0 spiro atoms. The molecule has 3 aromatic rings. The van der Waals surface area contributed by atoms with Gasteiger partial charge in [0.15, 0.2) is 5.82 Å². The number of aromatic nitrogens is 3. The van der Waals surface area contributed by atoms with Crippen LogP contribution in [-0.4, -0.2) is 64.8 Å². The summed E-state index contributed by atoms with van der Waals surface area (Å²) in [4.78, 5) is 31.1. The smallest absolute Gasteiger partial charge is 0.319 e. The van der Waals surface area contributed by atoms with Crippen molar-refractivity contribution < 1.29 is 9.53 Å². The van der Waals surface area contributed by atoms with Gasteiger partial charge in [0, 0.05) is 61.9 Å². The van der Waals surface area contributed by atoms with E-state index in [9.17, 15) is 4.79 Å². The standard InChI is InChI=1S/C27H33N7O2/c1-3-29-27(35)30-22-8-6-21(7-9-22)25-31-24-17-33(16-20-5-4-11-28-15-20)12-10-23(24)26(32-25)34-13-14-36-18-19(34)2/h4-9,11,15,19H,3,10,12-14,16-18H2,1-2H3,(H2,29,30,35)/t19-/m0/s1. The fourth-order valence-electron chi connectivity index (χ4n) is 4.80. The normalized spacial score (nSPS) is 17.9. The van der Waals surface area contributed by atoms with Crippen molar-refractivity contribution >= 4 is 17.5 Å². The van der Waals surface area contributed by atoms with Crippen LogP contribution < -0.4 is 15.5 Å². The third-order valence-corrected chi connectivity index (χ3v) is 6.63. The molecule has 1 saturated heterocycles. The summed E-state index contributed by atoms with van der Waals surface area (Å²) < 4.78 is 5.70. The molecule has 1 aromatic carbocycles. The van der Waals surface area contributed by atoms with Crippen molar-refractivity contribution in [3.8, 4) is 11.4 Å². The molecule has 2 aromatic heterocycles. The number of morpholine rings is 1. The Hall–Kier alpha value is -3.56. The van der Waals surface area contributed by atoms with Gasteiger partial charge in [-0.05, 0) is 56.2 Å². The summed E-state index contributed by atoms with van der Waals surface area (Å²) >= 11 is 0. The number of benzene rings is 1. The summed E-state index contributed by atoms with van der Waals surface area (Å²) in [5.41, 5.74) is 5.17. The second kappa shape index (κ2) is 11.0. The van der Waals surface area contributed by atoms with Gasteiger partial charge in [-0.2, -0.15) is 0 Å². The van der Waals surface area contributed by atoms with Crippen LogP contribution in [0.2, 0.25) is 0 Å². The minimum absolute atomic E-state index is 0.215. The maximum atomic E-state index is 11.9. The van der Waals surface area contributed by atoms with E-state index < -0.39 is 0 Å². The molecule has 2 N–H and O–H groups in total. The van der Waals surface area contributed by atoms with Gasteiger partial charge < -0.3 is 20.3 Å². The number of nitrogens with one attached hydrogen (secondary N) is 2. The summed E-state index contributed by atoms with van der Waals surface area (Å²) in [6.45, 7) is 9.43. The van der Waals surface area contributed by atoms with E-state index in [1.807, 2.05) is 43.5 Å². The zero-order valence-corrected chi connectivity index (χ0v) is 20.9. The molecule has 0 saturated carbocycles. The molecule has 5 rings (SSSR count).